The lowest BCUT2D eigenvalue weighted by Gasteiger charge is -2.30. The van der Waals surface area contributed by atoms with E-state index in [0.29, 0.717) is 19.5 Å². The van der Waals surface area contributed by atoms with Gasteiger partial charge in [0, 0.05) is 18.8 Å². The normalized spacial score (nSPS) is 22.0. The third-order valence-electron chi connectivity index (χ3n) is 4.19. The molecule has 0 spiro atoms. The molecule has 1 unspecified atom stereocenters. The maximum Gasteiger partial charge on any atom is 0.322 e. The van der Waals surface area contributed by atoms with Crippen molar-refractivity contribution in [2.75, 3.05) is 18.0 Å². The van der Waals surface area contributed by atoms with Gasteiger partial charge < -0.3 is 10.6 Å². The fourth-order valence-corrected chi connectivity index (χ4v) is 3.05. The molecule has 1 atom stereocenters. The van der Waals surface area contributed by atoms with Crippen LogP contribution in [0.1, 0.15) is 31.2 Å². The highest BCUT2D eigenvalue weighted by molar-refractivity contribution is 5.96. The van der Waals surface area contributed by atoms with Gasteiger partial charge in [-0.3, -0.25) is 9.69 Å². The Morgan fingerprint density at radius 1 is 1.24 bits per heavy atom. The van der Waals surface area contributed by atoms with E-state index in [4.69, 9.17) is 0 Å². The molecule has 0 radical (unpaired) electrons. The fraction of sp³-hybridized carbons (Fsp3) is 0.500. The smallest absolute Gasteiger partial charge is 0.322 e. The number of benzene rings is 1. The van der Waals surface area contributed by atoms with Crippen LogP contribution in [0.15, 0.2) is 24.3 Å². The zero-order chi connectivity index (χ0) is 14.7. The second-order valence-corrected chi connectivity index (χ2v) is 5.67. The quantitative estimate of drug-likeness (QED) is 0.827. The lowest BCUT2D eigenvalue weighted by Crippen LogP contribution is -2.51. The Morgan fingerprint density at radius 2 is 2.10 bits per heavy atom. The van der Waals surface area contributed by atoms with E-state index < -0.39 is 6.04 Å². The molecule has 0 saturated carbocycles. The van der Waals surface area contributed by atoms with Crippen LogP contribution in [-0.2, 0) is 11.2 Å². The van der Waals surface area contributed by atoms with Gasteiger partial charge in [-0.25, -0.2) is 4.79 Å². The number of nitrogens with zero attached hydrogens (tertiary/aromatic N) is 1. The first-order valence-electron chi connectivity index (χ1n) is 7.69. The molecule has 2 heterocycles. The summed E-state index contributed by atoms with van der Waals surface area (Å²) in [6.07, 6.45) is 4.61. The van der Waals surface area contributed by atoms with Crippen molar-refractivity contribution in [3.05, 3.63) is 29.8 Å². The van der Waals surface area contributed by atoms with Crippen LogP contribution in [0, 0.1) is 0 Å². The van der Waals surface area contributed by atoms with E-state index in [1.165, 1.54) is 5.56 Å². The maximum absolute atomic E-state index is 12.5. The number of aryl methyl sites for hydroxylation is 1. The van der Waals surface area contributed by atoms with Gasteiger partial charge in [0.2, 0.25) is 5.91 Å². The van der Waals surface area contributed by atoms with Crippen LogP contribution >= 0.6 is 0 Å². The number of amides is 3. The number of rotatable bonds is 1. The molecular weight excluding hydrogens is 266 g/mol. The summed E-state index contributed by atoms with van der Waals surface area (Å²) in [7, 11) is 0. The van der Waals surface area contributed by atoms with Crippen LogP contribution < -0.4 is 15.5 Å². The van der Waals surface area contributed by atoms with Gasteiger partial charge in [0.05, 0.1) is 0 Å². The number of hydrogen-bond donors (Lipinski definition) is 2. The van der Waals surface area contributed by atoms with Crippen molar-refractivity contribution in [3.63, 3.8) is 0 Å². The molecule has 1 saturated heterocycles. The van der Waals surface area contributed by atoms with Gasteiger partial charge in [-0.15, -0.1) is 0 Å². The highest BCUT2D eigenvalue weighted by Gasteiger charge is 2.27. The zero-order valence-corrected chi connectivity index (χ0v) is 12.1. The zero-order valence-electron chi connectivity index (χ0n) is 12.1. The van der Waals surface area contributed by atoms with Gasteiger partial charge in [-0.1, -0.05) is 18.2 Å². The monoisotopic (exact) mass is 287 g/mol. The summed E-state index contributed by atoms with van der Waals surface area (Å²) >= 11 is 0. The highest BCUT2D eigenvalue weighted by atomic mass is 16.2. The Labute approximate surface area is 124 Å². The Bertz CT molecular complexity index is 544. The molecule has 3 amide bonds. The van der Waals surface area contributed by atoms with E-state index in [1.54, 1.807) is 4.90 Å². The molecule has 5 heteroatoms. The van der Waals surface area contributed by atoms with Crippen molar-refractivity contribution in [2.24, 2.45) is 0 Å². The van der Waals surface area contributed by atoms with E-state index in [9.17, 15) is 9.59 Å². The number of urea groups is 1. The third kappa shape index (κ3) is 3.01. The molecule has 2 aliphatic rings. The second kappa shape index (κ2) is 6.16. The summed E-state index contributed by atoms with van der Waals surface area (Å²) in [4.78, 5) is 26.2. The van der Waals surface area contributed by atoms with Crippen LogP contribution in [0.3, 0.4) is 0 Å². The first kappa shape index (κ1) is 13.9. The largest absolute Gasteiger partial charge is 0.354 e. The molecule has 1 aromatic carbocycles. The Hall–Kier alpha value is -2.04. The fourth-order valence-electron chi connectivity index (χ4n) is 3.05. The number of carbonyl (C=O) groups excluding carboxylic acids is 2. The SMILES string of the molecule is O=C1NCCCCC1NC(=O)N1CCCc2ccccc21. The maximum atomic E-state index is 12.5. The molecule has 1 fully saturated rings. The Kier molecular flexibility index (Phi) is 4.08. The molecule has 0 aliphatic carbocycles. The van der Waals surface area contributed by atoms with Gasteiger partial charge in [-0.2, -0.15) is 0 Å². The summed E-state index contributed by atoms with van der Waals surface area (Å²) in [6, 6.07) is 7.41. The number of para-hydroxylation sites is 1. The van der Waals surface area contributed by atoms with Gasteiger partial charge in [0.15, 0.2) is 0 Å². The van der Waals surface area contributed by atoms with Crippen molar-refractivity contribution < 1.29 is 9.59 Å². The molecule has 1 aromatic rings. The first-order valence-corrected chi connectivity index (χ1v) is 7.69. The van der Waals surface area contributed by atoms with E-state index in [-0.39, 0.29) is 11.9 Å². The molecule has 112 valence electrons. The minimum atomic E-state index is -0.408. The molecular formula is C16H21N3O2. The Morgan fingerprint density at radius 3 is 3.00 bits per heavy atom. The summed E-state index contributed by atoms with van der Waals surface area (Å²) < 4.78 is 0. The first-order chi connectivity index (χ1) is 10.3. The summed E-state index contributed by atoms with van der Waals surface area (Å²) in [5, 5.41) is 5.74. The van der Waals surface area contributed by atoms with Crippen LogP contribution in [0.5, 0.6) is 0 Å². The van der Waals surface area contributed by atoms with Crippen LogP contribution in [-0.4, -0.2) is 31.1 Å². The highest BCUT2D eigenvalue weighted by Crippen LogP contribution is 2.26. The van der Waals surface area contributed by atoms with Gasteiger partial charge >= 0.3 is 6.03 Å². The van der Waals surface area contributed by atoms with Crippen molar-refractivity contribution in [2.45, 2.75) is 38.1 Å². The minimum Gasteiger partial charge on any atom is -0.354 e. The number of fused-ring (bicyclic) bond motifs is 1. The predicted molar refractivity (Wildman–Crippen MR) is 81.3 cm³/mol. The minimum absolute atomic E-state index is 0.0638. The van der Waals surface area contributed by atoms with Crippen LogP contribution in [0.25, 0.3) is 0 Å². The van der Waals surface area contributed by atoms with Crippen LogP contribution in [0.4, 0.5) is 10.5 Å². The molecule has 2 aliphatic heterocycles. The number of nitrogens with one attached hydrogen (secondary N) is 2. The molecule has 5 nitrogen and oxygen atoms in total. The standard InChI is InChI=1S/C16H21N3O2/c20-15-13(8-3-4-10-17-15)18-16(21)19-11-5-7-12-6-1-2-9-14(12)19/h1-2,6,9,13H,3-5,7-8,10-11H2,(H,17,20)(H,18,21). The van der Waals surface area contributed by atoms with E-state index in [0.717, 1.165) is 31.4 Å². The molecule has 2 N–H and O–H groups in total. The van der Waals surface area contributed by atoms with E-state index >= 15 is 0 Å². The van der Waals surface area contributed by atoms with Gasteiger partial charge in [0.1, 0.15) is 6.04 Å². The lowest BCUT2D eigenvalue weighted by molar-refractivity contribution is -0.122. The topological polar surface area (TPSA) is 61.4 Å². The van der Waals surface area contributed by atoms with Gasteiger partial charge in [0.25, 0.3) is 0 Å². The number of carbonyl (C=O) groups is 2. The van der Waals surface area contributed by atoms with Crippen molar-refractivity contribution in [1.82, 2.24) is 10.6 Å². The van der Waals surface area contributed by atoms with Gasteiger partial charge in [-0.05, 0) is 43.7 Å². The number of anilines is 1. The van der Waals surface area contributed by atoms with E-state index in [1.807, 2.05) is 18.2 Å². The van der Waals surface area contributed by atoms with Crippen molar-refractivity contribution in [1.29, 1.82) is 0 Å². The van der Waals surface area contributed by atoms with Crippen molar-refractivity contribution >= 4 is 17.6 Å². The molecule has 0 bridgehead atoms. The van der Waals surface area contributed by atoms with Crippen LogP contribution in [0.2, 0.25) is 0 Å². The second-order valence-electron chi connectivity index (χ2n) is 5.67. The molecule has 21 heavy (non-hydrogen) atoms. The molecule has 3 rings (SSSR count). The summed E-state index contributed by atoms with van der Waals surface area (Å²) in [6.45, 7) is 1.41. The summed E-state index contributed by atoms with van der Waals surface area (Å²) in [5.41, 5.74) is 2.17. The average molecular weight is 287 g/mol. The average Bonchev–Trinajstić information content (AvgIpc) is 2.71. The van der Waals surface area contributed by atoms with Crippen molar-refractivity contribution in [3.8, 4) is 0 Å². The van der Waals surface area contributed by atoms with E-state index in [2.05, 4.69) is 16.7 Å². The predicted octanol–water partition coefficient (Wildman–Crippen LogP) is 1.82. The summed E-state index contributed by atoms with van der Waals surface area (Å²) in [5.74, 6) is -0.0638. The number of hydrogen-bond acceptors (Lipinski definition) is 2. The Balaban J connectivity index is 1.72. The molecule has 0 aromatic heterocycles. The lowest BCUT2D eigenvalue weighted by atomic mass is 10.0. The third-order valence-corrected chi connectivity index (χ3v) is 4.19.